The molecule has 4 aliphatic rings. The first kappa shape index (κ1) is 38.1. The van der Waals surface area contributed by atoms with Crippen molar-refractivity contribution in [2.45, 2.75) is 51.2 Å². The maximum Gasteiger partial charge on any atom is 0.262 e. The summed E-state index contributed by atoms with van der Waals surface area (Å²) in [5, 5.41) is 12.2. The number of hydrogen-bond donors (Lipinski definition) is 2. The predicted octanol–water partition coefficient (Wildman–Crippen LogP) is 5.83. The van der Waals surface area contributed by atoms with E-state index in [4.69, 9.17) is 4.74 Å². The normalized spacial score (nSPS) is 20.1. The van der Waals surface area contributed by atoms with Gasteiger partial charge in [0.05, 0.1) is 11.1 Å². The Labute approximate surface area is 333 Å². The standard InChI is InChI=1S/C46H49N5O6/c1-2-38(31-6-4-3-5-7-31)43(32-8-13-35(52)14-9-32)33-10-15-36(16-11-33)57-37-20-22-48(23-21-37)24-25-49-26-28-50(29-27-49)34-12-17-39-40(30-34)46(56)51(45(39)55)41-18-19-42(53)47-44(41)54/h3-17,30,37,41,52H,2,18-29H2,1H3,(H,47,53,54). The van der Waals surface area contributed by atoms with Gasteiger partial charge in [-0.25, -0.2) is 0 Å². The van der Waals surface area contributed by atoms with E-state index in [1.807, 2.05) is 24.3 Å². The van der Waals surface area contributed by atoms with Gasteiger partial charge in [-0.15, -0.1) is 0 Å². The molecule has 8 rings (SSSR count). The highest BCUT2D eigenvalue weighted by atomic mass is 16.5. The summed E-state index contributed by atoms with van der Waals surface area (Å²) in [6.07, 6.45) is 3.23. The van der Waals surface area contributed by atoms with Crippen LogP contribution in [0.1, 0.15) is 76.4 Å². The molecule has 0 bridgehead atoms. The van der Waals surface area contributed by atoms with E-state index >= 15 is 0 Å². The Hall–Kier alpha value is -5.78. The Morgan fingerprint density at radius 2 is 1.33 bits per heavy atom. The number of fused-ring (bicyclic) bond motifs is 1. The van der Waals surface area contributed by atoms with Crippen LogP contribution in [0.4, 0.5) is 5.69 Å². The van der Waals surface area contributed by atoms with E-state index in [0.717, 1.165) is 105 Å². The molecule has 1 atom stereocenters. The number of piperazine rings is 1. The van der Waals surface area contributed by atoms with Crippen molar-refractivity contribution in [2.75, 3.05) is 57.3 Å². The van der Waals surface area contributed by atoms with Crippen molar-refractivity contribution in [2.24, 2.45) is 0 Å². The van der Waals surface area contributed by atoms with E-state index in [1.54, 1.807) is 24.3 Å². The van der Waals surface area contributed by atoms with Crippen LogP contribution in [0.2, 0.25) is 0 Å². The summed E-state index contributed by atoms with van der Waals surface area (Å²) >= 11 is 0. The highest BCUT2D eigenvalue weighted by Crippen LogP contribution is 2.36. The summed E-state index contributed by atoms with van der Waals surface area (Å²) < 4.78 is 6.50. The Balaban J connectivity index is 0.809. The zero-order valence-corrected chi connectivity index (χ0v) is 32.4. The first-order valence-electron chi connectivity index (χ1n) is 20.2. The molecule has 57 heavy (non-hydrogen) atoms. The second kappa shape index (κ2) is 16.8. The van der Waals surface area contributed by atoms with Crippen molar-refractivity contribution in [3.8, 4) is 11.5 Å². The van der Waals surface area contributed by atoms with Gasteiger partial charge in [-0.1, -0.05) is 61.5 Å². The summed E-state index contributed by atoms with van der Waals surface area (Å²) in [6.45, 7) is 9.57. The zero-order chi connectivity index (χ0) is 39.5. The third kappa shape index (κ3) is 8.22. The number of nitrogens with zero attached hydrogens (tertiary/aromatic N) is 4. The fraction of sp³-hybridized carbons (Fsp3) is 0.348. The number of aromatic hydroxyl groups is 1. The molecule has 3 fully saturated rings. The van der Waals surface area contributed by atoms with E-state index < -0.39 is 23.8 Å². The fourth-order valence-electron chi connectivity index (χ4n) is 8.62. The number of benzene rings is 4. The molecule has 294 valence electrons. The maximum atomic E-state index is 13.3. The van der Waals surface area contributed by atoms with Gasteiger partial charge in [-0.3, -0.25) is 34.3 Å². The predicted molar refractivity (Wildman–Crippen MR) is 219 cm³/mol. The SMILES string of the molecule is CCC(=C(c1ccc(O)cc1)c1ccc(OC2CCN(CCN3CCN(c4ccc5c(c4)C(=O)N(C4CCC(=O)NC4=O)C5=O)CC3)CC2)cc1)c1ccccc1. The molecule has 0 spiro atoms. The van der Waals surface area contributed by atoms with Gasteiger partial charge in [0.1, 0.15) is 23.6 Å². The lowest BCUT2D eigenvalue weighted by molar-refractivity contribution is -0.136. The summed E-state index contributed by atoms with van der Waals surface area (Å²) in [7, 11) is 0. The lowest BCUT2D eigenvalue weighted by Gasteiger charge is -2.38. The molecule has 0 aliphatic carbocycles. The fourth-order valence-corrected chi connectivity index (χ4v) is 8.62. The molecule has 4 amide bonds. The molecule has 2 N–H and O–H groups in total. The van der Waals surface area contributed by atoms with Gasteiger partial charge >= 0.3 is 0 Å². The summed E-state index contributed by atoms with van der Waals surface area (Å²) in [5.41, 5.74) is 7.28. The molecule has 0 aromatic heterocycles. The van der Waals surface area contributed by atoms with Crippen molar-refractivity contribution in [1.29, 1.82) is 0 Å². The lowest BCUT2D eigenvalue weighted by atomic mass is 9.88. The Kier molecular flexibility index (Phi) is 11.2. The lowest BCUT2D eigenvalue weighted by Crippen LogP contribution is -2.54. The topological polar surface area (TPSA) is 123 Å². The quantitative estimate of drug-likeness (QED) is 0.144. The van der Waals surface area contributed by atoms with Gasteiger partial charge in [0.15, 0.2) is 0 Å². The number of rotatable bonds is 11. The summed E-state index contributed by atoms with van der Waals surface area (Å²) in [6, 6.07) is 30.8. The number of anilines is 1. The van der Waals surface area contributed by atoms with Crippen LogP contribution in [0.25, 0.3) is 11.1 Å². The van der Waals surface area contributed by atoms with Gasteiger partial charge in [0.25, 0.3) is 11.8 Å². The molecule has 11 heteroatoms. The third-order valence-corrected chi connectivity index (χ3v) is 11.8. The second-order valence-electron chi connectivity index (χ2n) is 15.3. The Morgan fingerprint density at radius 1 is 0.702 bits per heavy atom. The molecule has 1 unspecified atom stereocenters. The number of piperidine rings is 2. The van der Waals surface area contributed by atoms with Crippen LogP contribution in [-0.4, -0.2) is 108 Å². The molecular weight excluding hydrogens is 719 g/mol. The highest BCUT2D eigenvalue weighted by molar-refractivity contribution is 6.23. The summed E-state index contributed by atoms with van der Waals surface area (Å²) in [4.78, 5) is 58.8. The van der Waals surface area contributed by atoms with Gasteiger partial charge in [0.2, 0.25) is 11.8 Å². The molecule has 4 aromatic carbocycles. The van der Waals surface area contributed by atoms with Crippen molar-refractivity contribution in [3.05, 3.63) is 125 Å². The number of amides is 4. The third-order valence-electron chi connectivity index (χ3n) is 11.8. The molecule has 3 saturated heterocycles. The van der Waals surface area contributed by atoms with Crippen molar-refractivity contribution < 1.29 is 29.0 Å². The maximum absolute atomic E-state index is 13.3. The van der Waals surface area contributed by atoms with Crippen LogP contribution >= 0.6 is 0 Å². The number of carbonyl (C=O) groups is 4. The number of carbonyl (C=O) groups excluding carboxylic acids is 4. The average molecular weight is 768 g/mol. The van der Waals surface area contributed by atoms with Gasteiger partial charge in [-0.2, -0.15) is 0 Å². The van der Waals surface area contributed by atoms with Crippen molar-refractivity contribution >= 4 is 40.5 Å². The molecular formula is C46H49N5O6. The minimum Gasteiger partial charge on any atom is -0.508 e. The number of phenols is 1. The average Bonchev–Trinajstić information content (AvgIpc) is 3.48. The molecule has 0 saturated carbocycles. The van der Waals surface area contributed by atoms with Crippen LogP contribution in [0.15, 0.2) is 97.1 Å². The second-order valence-corrected chi connectivity index (χ2v) is 15.3. The van der Waals surface area contributed by atoms with Crippen LogP contribution in [0.5, 0.6) is 11.5 Å². The first-order chi connectivity index (χ1) is 27.7. The minimum absolute atomic E-state index is 0.0986. The van der Waals surface area contributed by atoms with E-state index in [9.17, 15) is 24.3 Å². The van der Waals surface area contributed by atoms with Crippen LogP contribution in [-0.2, 0) is 9.59 Å². The van der Waals surface area contributed by atoms with E-state index in [1.165, 1.54) is 11.1 Å². The zero-order valence-electron chi connectivity index (χ0n) is 32.4. The molecule has 11 nitrogen and oxygen atoms in total. The molecule has 4 aromatic rings. The van der Waals surface area contributed by atoms with Gasteiger partial charge < -0.3 is 19.6 Å². The number of hydrogen-bond acceptors (Lipinski definition) is 9. The smallest absolute Gasteiger partial charge is 0.262 e. The molecule has 4 heterocycles. The number of phenolic OH excluding ortho intramolecular Hbond substituents is 1. The van der Waals surface area contributed by atoms with Crippen LogP contribution in [0.3, 0.4) is 0 Å². The minimum atomic E-state index is -0.965. The molecule has 4 aliphatic heterocycles. The Morgan fingerprint density at radius 3 is 1.98 bits per heavy atom. The van der Waals surface area contributed by atoms with E-state index in [0.29, 0.717) is 11.1 Å². The van der Waals surface area contributed by atoms with Crippen molar-refractivity contribution in [3.63, 3.8) is 0 Å². The monoisotopic (exact) mass is 767 g/mol. The number of imide groups is 2. The number of allylic oxidation sites excluding steroid dienone is 1. The summed E-state index contributed by atoms with van der Waals surface area (Å²) in [5.74, 6) is -0.815. The first-order valence-corrected chi connectivity index (χ1v) is 20.2. The largest absolute Gasteiger partial charge is 0.508 e. The highest BCUT2D eigenvalue weighted by Gasteiger charge is 2.44. The number of ether oxygens (including phenoxy) is 1. The van der Waals surface area contributed by atoms with E-state index in [-0.39, 0.29) is 30.6 Å². The number of nitrogens with one attached hydrogen (secondary N) is 1. The van der Waals surface area contributed by atoms with Crippen molar-refractivity contribution in [1.82, 2.24) is 20.0 Å². The van der Waals surface area contributed by atoms with E-state index in [2.05, 4.69) is 75.5 Å². The molecule has 0 radical (unpaired) electrons. The van der Waals surface area contributed by atoms with Gasteiger partial charge in [0, 0.05) is 64.5 Å². The number of likely N-dealkylation sites (tertiary alicyclic amines) is 1. The van der Waals surface area contributed by atoms with Gasteiger partial charge in [-0.05, 0) is 96.0 Å². The Bertz CT molecular complexity index is 2150. The van der Waals surface area contributed by atoms with Crippen LogP contribution in [0, 0.1) is 0 Å². The van der Waals surface area contributed by atoms with Crippen LogP contribution < -0.4 is 15.0 Å².